The highest BCUT2D eigenvalue weighted by Crippen LogP contribution is 2.23. The fourth-order valence-electron chi connectivity index (χ4n) is 1.34. The summed E-state index contributed by atoms with van der Waals surface area (Å²) in [5.74, 6) is -0.221. The molecule has 2 N–H and O–H groups in total. The zero-order chi connectivity index (χ0) is 12.3. The van der Waals surface area contributed by atoms with Crippen molar-refractivity contribution in [2.24, 2.45) is 0 Å². The van der Waals surface area contributed by atoms with E-state index in [-0.39, 0.29) is 12.5 Å². The van der Waals surface area contributed by atoms with Gasteiger partial charge in [0.05, 0.1) is 11.6 Å². The fourth-order valence-corrected chi connectivity index (χ4v) is 2.37. The summed E-state index contributed by atoms with van der Waals surface area (Å²) in [7, 11) is 0. The summed E-state index contributed by atoms with van der Waals surface area (Å²) in [6.45, 7) is -0.00895. The van der Waals surface area contributed by atoms with E-state index in [4.69, 9.17) is 16.7 Å². The molecule has 1 heterocycles. The lowest BCUT2D eigenvalue weighted by Gasteiger charge is -2.04. The number of carbonyl (C=O) groups is 1. The van der Waals surface area contributed by atoms with Crippen LogP contribution in [0.4, 0.5) is 5.69 Å². The monoisotopic (exact) mass is 267 g/mol. The van der Waals surface area contributed by atoms with Crippen molar-refractivity contribution in [1.82, 2.24) is 0 Å². The van der Waals surface area contributed by atoms with Crippen molar-refractivity contribution in [2.75, 3.05) is 5.32 Å². The van der Waals surface area contributed by atoms with Crippen molar-refractivity contribution in [2.45, 2.75) is 6.61 Å². The van der Waals surface area contributed by atoms with Gasteiger partial charge in [-0.2, -0.15) is 0 Å². The fraction of sp³-hybridized carbons (Fsp3) is 0.0833. The molecule has 88 valence electrons. The lowest BCUT2D eigenvalue weighted by atomic mass is 10.2. The first-order valence-electron chi connectivity index (χ1n) is 4.95. The largest absolute Gasteiger partial charge is 0.392 e. The Morgan fingerprint density at radius 3 is 2.53 bits per heavy atom. The molecule has 0 spiro atoms. The second-order valence-electron chi connectivity index (χ2n) is 3.41. The smallest absolute Gasteiger partial charge is 0.267 e. The molecule has 3 nitrogen and oxygen atoms in total. The highest BCUT2D eigenvalue weighted by Gasteiger charge is 2.11. The summed E-state index contributed by atoms with van der Waals surface area (Å²) in [6.07, 6.45) is 0. The first-order valence-corrected chi connectivity index (χ1v) is 6.20. The van der Waals surface area contributed by atoms with Gasteiger partial charge in [0.2, 0.25) is 0 Å². The number of amides is 1. The number of hydrogen-bond donors (Lipinski definition) is 2. The molecule has 0 unspecified atom stereocenters. The van der Waals surface area contributed by atoms with Gasteiger partial charge in [0.25, 0.3) is 5.91 Å². The molecule has 1 aromatic carbocycles. The average Bonchev–Trinajstić information content (AvgIpc) is 2.76. The summed E-state index contributed by atoms with van der Waals surface area (Å²) >= 11 is 7.17. The number of rotatable bonds is 3. The van der Waals surface area contributed by atoms with Crippen LogP contribution in [0.15, 0.2) is 35.7 Å². The quantitative estimate of drug-likeness (QED) is 0.898. The Hall–Kier alpha value is -1.36. The molecule has 0 saturated heterocycles. The molecule has 1 amide bonds. The van der Waals surface area contributed by atoms with E-state index in [0.717, 1.165) is 5.56 Å². The van der Waals surface area contributed by atoms with Crippen molar-refractivity contribution in [3.05, 3.63) is 51.2 Å². The number of nitrogens with one attached hydrogen (secondary N) is 1. The zero-order valence-corrected chi connectivity index (χ0v) is 10.4. The molecule has 17 heavy (non-hydrogen) atoms. The summed E-state index contributed by atoms with van der Waals surface area (Å²) in [6, 6.07) is 8.68. The van der Waals surface area contributed by atoms with E-state index in [1.807, 2.05) is 0 Å². The zero-order valence-electron chi connectivity index (χ0n) is 8.81. The molecule has 2 aromatic rings. The van der Waals surface area contributed by atoms with E-state index < -0.39 is 0 Å². The molecule has 0 fully saturated rings. The van der Waals surface area contributed by atoms with Crippen molar-refractivity contribution >= 4 is 34.5 Å². The third-order valence-corrected chi connectivity index (χ3v) is 3.56. The second kappa shape index (κ2) is 5.31. The molecular weight excluding hydrogens is 258 g/mol. The predicted octanol–water partition coefficient (Wildman–Crippen LogP) is 3.15. The number of thiophene rings is 1. The van der Waals surface area contributed by atoms with Gasteiger partial charge in [-0.15, -0.1) is 11.3 Å². The number of aliphatic hydroxyl groups is 1. The van der Waals surface area contributed by atoms with Crippen LogP contribution in [0.1, 0.15) is 15.2 Å². The van der Waals surface area contributed by atoms with Crippen molar-refractivity contribution in [3.8, 4) is 0 Å². The molecule has 0 aliphatic heterocycles. The van der Waals surface area contributed by atoms with Gasteiger partial charge in [0.1, 0.15) is 4.88 Å². The Kier molecular flexibility index (Phi) is 3.78. The first-order chi connectivity index (χ1) is 8.20. The summed E-state index contributed by atoms with van der Waals surface area (Å²) in [5, 5.41) is 13.9. The maximum absolute atomic E-state index is 11.8. The van der Waals surface area contributed by atoms with Crippen LogP contribution in [0.2, 0.25) is 5.02 Å². The SMILES string of the molecule is O=C(Nc1ccc(CO)cc1)c1sccc1Cl. The number of hydrogen-bond acceptors (Lipinski definition) is 3. The van der Waals surface area contributed by atoms with E-state index in [0.29, 0.717) is 15.6 Å². The molecule has 0 aliphatic rings. The molecule has 0 bridgehead atoms. The van der Waals surface area contributed by atoms with Gasteiger partial charge in [-0.3, -0.25) is 4.79 Å². The van der Waals surface area contributed by atoms with Crippen LogP contribution in [0.5, 0.6) is 0 Å². The van der Waals surface area contributed by atoms with E-state index in [2.05, 4.69) is 5.32 Å². The van der Waals surface area contributed by atoms with Gasteiger partial charge in [-0.05, 0) is 29.1 Å². The number of halogens is 1. The Morgan fingerprint density at radius 2 is 2.00 bits per heavy atom. The Morgan fingerprint density at radius 1 is 1.29 bits per heavy atom. The average molecular weight is 268 g/mol. The topological polar surface area (TPSA) is 49.3 Å². The van der Waals surface area contributed by atoms with Gasteiger partial charge >= 0.3 is 0 Å². The summed E-state index contributed by atoms with van der Waals surface area (Å²) in [5.41, 5.74) is 1.48. The van der Waals surface area contributed by atoms with Crippen LogP contribution in [-0.2, 0) is 6.61 Å². The minimum atomic E-state index is -0.221. The summed E-state index contributed by atoms with van der Waals surface area (Å²) < 4.78 is 0. The second-order valence-corrected chi connectivity index (χ2v) is 4.73. The molecule has 2 rings (SSSR count). The van der Waals surface area contributed by atoms with E-state index in [1.54, 1.807) is 35.7 Å². The molecule has 0 atom stereocenters. The molecule has 0 aliphatic carbocycles. The maximum Gasteiger partial charge on any atom is 0.267 e. The van der Waals surface area contributed by atoms with Crippen LogP contribution in [-0.4, -0.2) is 11.0 Å². The van der Waals surface area contributed by atoms with Crippen LogP contribution in [0.3, 0.4) is 0 Å². The standard InChI is InChI=1S/C12H10ClNO2S/c13-10-5-6-17-11(10)12(16)14-9-3-1-8(7-15)2-4-9/h1-6,15H,7H2,(H,14,16). The van der Waals surface area contributed by atoms with Gasteiger partial charge in [0.15, 0.2) is 0 Å². The first kappa shape index (κ1) is 12.1. The van der Waals surface area contributed by atoms with E-state index in [1.165, 1.54) is 11.3 Å². The third-order valence-electron chi connectivity index (χ3n) is 2.22. The molecule has 1 aromatic heterocycles. The molecular formula is C12H10ClNO2S. The minimum absolute atomic E-state index is 0.00895. The number of aliphatic hydroxyl groups excluding tert-OH is 1. The molecule has 0 saturated carbocycles. The van der Waals surface area contributed by atoms with E-state index >= 15 is 0 Å². The van der Waals surface area contributed by atoms with Crippen molar-refractivity contribution in [3.63, 3.8) is 0 Å². The predicted molar refractivity (Wildman–Crippen MR) is 69.6 cm³/mol. The number of benzene rings is 1. The Bertz CT molecular complexity index is 522. The Balaban J connectivity index is 2.10. The van der Waals surface area contributed by atoms with Crippen LogP contribution >= 0.6 is 22.9 Å². The number of anilines is 1. The van der Waals surface area contributed by atoms with E-state index in [9.17, 15) is 4.79 Å². The van der Waals surface area contributed by atoms with Crippen LogP contribution in [0, 0.1) is 0 Å². The number of carbonyl (C=O) groups excluding carboxylic acids is 1. The van der Waals surface area contributed by atoms with Gasteiger partial charge < -0.3 is 10.4 Å². The summed E-state index contributed by atoms with van der Waals surface area (Å²) in [4.78, 5) is 12.3. The van der Waals surface area contributed by atoms with Gasteiger partial charge in [-0.1, -0.05) is 23.7 Å². The highest BCUT2D eigenvalue weighted by molar-refractivity contribution is 7.12. The van der Waals surface area contributed by atoms with Crippen molar-refractivity contribution in [1.29, 1.82) is 0 Å². The van der Waals surface area contributed by atoms with Gasteiger partial charge in [0, 0.05) is 5.69 Å². The molecule has 0 radical (unpaired) electrons. The minimum Gasteiger partial charge on any atom is -0.392 e. The molecule has 5 heteroatoms. The van der Waals surface area contributed by atoms with Crippen molar-refractivity contribution < 1.29 is 9.90 Å². The third kappa shape index (κ3) is 2.85. The lowest BCUT2D eigenvalue weighted by molar-refractivity contribution is 0.103. The highest BCUT2D eigenvalue weighted by atomic mass is 35.5. The van der Waals surface area contributed by atoms with Crippen LogP contribution in [0.25, 0.3) is 0 Å². The lowest BCUT2D eigenvalue weighted by Crippen LogP contribution is -2.10. The van der Waals surface area contributed by atoms with Crippen LogP contribution < -0.4 is 5.32 Å². The van der Waals surface area contributed by atoms with Gasteiger partial charge in [-0.25, -0.2) is 0 Å². The maximum atomic E-state index is 11.8. The Labute approximate surface area is 108 Å². The normalized spacial score (nSPS) is 10.2.